The summed E-state index contributed by atoms with van der Waals surface area (Å²) in [4.78, 5) is 11.9. The number of hydrogen-bond donors (Lipinski definition) is 1. The Bertz CT molecular complexity index is 566. The molecule has 0 saturated carbocycles. The van der Waals surface area contributed by atoms with Gasteiger partial charge in [-0.05, 0) is 46.6 Å². The maximum atomic E-state index is 11.9. The van der Waals surface area contributed by atoms with Gasteiger partial charge >= 0.3 is 0 Å². The molecule has 0 spiro atoms. The van der Waals surface area contributed by atoms with E-state index in [1.165, 1.54) is 12.5 Å². The first-order valence-electron chi connectivity index (χ1n) is 5.78. The van der Waals surface area contributed by atoms with Gasteiger partial charge in [0.05, 0.1) is 29.5 Å². The van der Waals surface area contributed by atoms with Gasteiger partial charge < -0.3 is 14.5 Å². The summed E-state index contributed by atoms with van der Waals surface area (Å²) in [6.45, 7) is 1.92. The van der Waals surface area contributed by atoms with Crippen molar-refractivity contribution in [1.29, 1.82) is 0 Å². The van der Waals surface area contributed by atoms with Gasteiger partial charge in [0.25, 0.3) is 5.91 Å². The Hall–Kier alpha value is -1.75. The highest BCUT2D eigenvalue weighted by Crippen LogP contribution is 2.28. The number of amides is 1. The minimum atomic E-state index is -0.159. The lowest BCUT2D eigenvalue weighted by Crippen LogP contribution is -2.26. The van der Waals surface area contributed by atoms with E-state index >= 15 is 0 Å². The number of furan rings is 1. The van der Waals surface area contributed by atoms with Crippen molar-refractivity contribution < 1.29 is 13.9 Å². The van der Waals surface area contributed by atoms with Crippen LogP contribution in [0.1, 0.15) is 28.9 Å². The molecule has 2 aromatic rings. The molecule has 1 aromatic heterocycles. The van der Waals surface area contributed by atoms with Gasteiger partial charge in [0.1, 0.15) is 12.0 Å². The third-order valence-corrected chi connectivity index (χ3v) is 3.43. The molecule has 100 valence electrons. The van der Waals surface area contributed by atoms with Crippen LogP contribution in [0.3, 0.4) is 0 Å². The van der Waals surface area contributed by atoms with Crippen molar-refractivity contribution >= 4 is 21.8 Å². The zero-order valence-electron chi connectivity index (χ0n) is 10.6. The molecule has 0 aliphatic carbocycles. The summed E-state index contributed by atoms with van der Waals surface area (Å²) in [5.41, 5.74) is 1.50. The van der Waals surface area contributed by atoms with E-state index in [1.807, 2.05) is 25.1 Å². The van der Waals surface area contributed by atoms with Crippen LogP contribution in [-0.4, -0.2) is 13.0 Å². The summed E-state index contributed by atoms with van der Waals surface area (Å²) in [6, 6.07) is 7.24. The number of nitrogens with one attached hydrogen (secondary N) is 1. The molecule has 1 amide bonds. The predicted molar refractivity (Wildman–Crippen MR) is 75.3 cm³/mol. The van der Waals surface area contributed by atoms with E-state index in [9.17, 15) is 4.79 Å². The fraction of sp³-hybridized carbons (Fsp3) is 0.214. The highest BCUT2D eigenvalue weighted by Gasteiger charge is 2.13. The highest BCUT2D eigenvalue weighted by atomic mass is 79.9. The Morgan fingerprint density at radius 3 is 2.79 bits per heavy atom. The smallest absolute Gasteiger partial charge is 0.255 e. The van der Waals surface area contributed by atoms with Gasteiger partial charge in [0.2, 0.25) is 0 Å². The number of methoxy groups -OCH3 is 1. The van der Waals surface area contributed by atoms with Crippen molar-refractivity contribution in [3.63, 3.8) is 0 Å². The molecule has 1 unspecified atom stereocenters. The van der Waals surface area contributed by atoms with Crippen LogP contribution in [0.25, 0.3) is 0 Å². The summed E-state index contributed by atoms with van der Waals surface area (Å²) in [5, 5.41) is 2.90. The molecular formula is C14H14BrNO3. The normalized spacial score (nSPS) is 11.9. The summed E-state index contributed by atoms with van der Waals surface area (Å²) in [5.74, 6) is 0.602. The molecule has 1 atom stereocenters. The van der Waals surface area contributed by atoms with Crippen molar-refractivity contribution in [3.8, 4) is 5.75 Å². The van der Waals surface area contributed by atoms with E-state index in [0.29, 0.717) is 5.56 Å². The van der Waals surface area contributed by atoms with E-state index in [1.54, 1.807) is 13.2 Å². The fourth-order valence-electron chi connectivity index (χ4n) is 1.71. The van der Waals surface area contributed by atoms with Crippen LogP contribution in [0.4, 0.5) is 0 Å². The standard InChI is InChI=1S/C14H14BrNO3/c1-9(16-14(17)11-5-6-19-8-11)10-3-4-13(18-2)12(15)7-10/h3-9H,1-2H3,(H,16,17). The van der Waals surface area contributed by atoms with Crippen molar-refractivity contribution in [2.45, 2.75) is 13.0 Å². The first kappa shape index (κ1) is 13.7. The number of benzene rings is 1. The number of hydrogen-bond acceptors (Lipinski definition) is 3. The van der Waals surface area contributed by atoms with E-state index in [4.69, 9.17) is 9.15 Å². The molecule has 0 saturated heterocycles. The Labute approximate surface area is 119 Å². The van der Waals surface area contributed by atoms with Crippen LogP contribution >= 0.6 is 15.9 Å². The van der Waals surface area contributed by atoms with E-state index in [0.717, 1.165) is 15.8 Å². The van der Waals surface area contributed by atoms with E-state index in [2.05, 4.69) is 21.2 Å². The number of rotatable bonds is 4. The van der Waals surface area contributed by atoms with Crippen molar-refractivity contribution in [2.24, 2.45) is 0 Å². The van der Waals surface area contributed by atoms with Crippen LogP contribution in [0, 0.1) is 0 Å². The second kappa shape index (κ2) is 5.93. The molecule has 1 N–H and O–H groups in total. The lowest BCUT2D eigenvalue weighted by atomic mass is 10.1. The lowest BCUT2D eigenvalue weighted by Gasteiger charge is -2.15. The van der Waals surface area contributed by atoms with Crippen LogP contribution in [0.5, 0.6) is 5.75 Å². The second-order valence-corrected chi connectivity index (χ2v) is 4.96. The Morgan fingerprint density at radius 1 is 1.42 bits per heavy atom. The molecular weight excluding hydrogens is 310 g/mol. The lowest BCUT2D eigenvalue weighted by molar-refractivity contribution is 0.0939. The van der Waals surface area contributed by atoms with Crippen LogP contribution in [0.2, 0.25) is 0 Å². The van der Waals surface area contributed by atoms with Gasteiger partial charge in [-0.1, -0.05) is 6.07 Å². The third-order valence-electron chi connectivity index (χ3n) is 2.81. The van der Waals surface area contributed by atoms with Gasteiger partial charge in [-0.15, -0.1) is 0 Å². The fourth-order valence-corrected chi connectivity index (χ4v) is 2.27. The minimum absolute atomic E-state index is 0.107. The quantitative estimate of drug-likeness (QED) is 0.936. The molecule has 0 aliphatic rings. The number of carbonyl (C=O) groups is 1. The van der Waals surface area contributed by atoms with Gasteiger partial charge in [-0.2, -0.15) is 0 Å². The number of ether oxygens (including phenoxy) is 1. The molecule has 19 heavy (non-hydrogen) atoms. The van der Waals surface area contributed by atoms with Crippen LogP contribution in [-0.2, 0) is 0 Å². The monoisotopic (exact) mass is 323 g/mol. The van der Waals surface area contributed by atoms with Crippen molar-refractivity contribution in [2.75, 3.05) is 7.11 Å². The highest BCUT2D eigenvalue weighted by molar-refractivity contribution is 9.10. The van der Waals surface area contributed by atoms with E-state index in [-0.39, 0.29) is 11.9 Å². The Balaban J connectivity index is 2.09. The third kappa shape index (κ3) is 3.17. The van der Waals surface area contributed by atoms with Crippen LogP contribution < -0.4 is 10.1 Å². The van der Waals surface area contributed by atoms with Crippen LogP contribution in [0.15, 0.2) is 45.7 Å². The van der Waals surface area contributed by atoms with Gasteiger partial charge in [-0.3, -0.25) is 4.79 Å². The predicted octanol–water partition coefficient (Wildman–Crippen LogP) is 3.54. The molecule has 0 aliphatic heterocycles. The first-order valence-corrected chi connectivity index (χ1v) is 6.57. The average molecular weight is 324 g/mol. The minimum Gasteiger partial charge on any atom is -0.496 e. The number of halogens is 1. The molecule has 0 bridgehead atoms. The summed E-state index contributed by atoms with van der Waals surface area (Å²) in [6.07, 6.45) is 2.90. The summed E-state index contributed by atoms with van der Waals surface area (Å²) < 4.78 is 10.9. The summed E-state index contributed by atoms with van der Waals surface area (Å²) >= 11 is 3.43. The molecule has 1 heterocycles. The first-order chi connectivity index (χ1) is 9.11. The topological polar surface area (TPSA) is 51.5 Å². The number of carbonyl (C=O) groups excluding carboxylic acids is 1. The molecule has 0 fully saturated rings. The van der Waals surface area contributed by atoms with E-state index < -0.39 is 0 Å². The van der Waals surface area contributed by atoms with Gasteiger partial charge in [-0.25, -0.2) is 0 Å². The zero-order valence-corrected chi connectivity index (χ0v) is 12.2. The summed E-state index contributed by atoms with van der Waals surface area (Å²) in [7, 11) is 1.61. The maximum absolute atomic E-state index is 11.9. The molecule has 5 heteroatoms. The maximum Gasteiger partial charge on any atom is 0.255 e. The Kier molecular flexibility index (Phi) is 4.27. The molecule has 4 nitrogen and oxygen atoms in total. The van der Waals surface area contributed by atoms with Crippen molar-refractivity contribution in [1.82, 2.24) is 5.32 Å². The second-order valence-electron chi connectivity index (χ2n) is 4.10. The zero-order chi connectivity index (χ0) is 13.8. The van der Waals surface area contributed by atoms with Crippen molar-refractivity contribution in [3.05, 3.63) is 52.4 Å². The average Bonchev–Trinajstić information content (AvgIpc) is 2.92. The van der Waals surface area contributed by atoms with Gasteiger partial charge in [0, 0.05) is 0 Å². The SMILES string of the molecule is COc1ccc(C(C)NC(=O)c2ccoc2)cc1Br. The molecule has 2 rings (SSSR count). The largest absolute Gasteiger partial charge is 0.496 e. The Morgan fingerprint density at radius 2 is 2.21 bits per heavy atom. The molecule has 1 aromatic carbocycles. The van der Waals surface area contributed by atoms with Gasteiger partial charge in [0.15, 0.2) is 0 Å². The molecule has 0 radical (unpaired) electrons.